The average Bonchev–Trinajstić information content (AvgIpc) is 3.49. The number of aromatic nitrogens is 2. The van der Waals surface area contributed by atoms with Gasteiger partial charge in [0.05, 0.1) is 24.7 Å². The number of hydrogen-bond donors (Lipinski definition) is 2. The number of aliphatic imine (C=N–C) groups is 1. The van der Waals surface area contributed by atoms with Crippen LogP contribution in [0.25, 0.3) is 0 Å². The minimum Gasteiger partial charge on any atom is -0.468 e. The normalized spacial score (nSPS) is 16.9. The van der Waals surface area contributed by atoms with Gasteiger partial charge in [0.1, 0.15) is 5.76 Å². The van der Waals surface area contributed by atoms with Crippen LogP contribution in [0.15, 0.2) is 64.5 Å². The second kappa shape index (κ2) is 11.0. The van der Waals surface area contributed by atoms with Crippen LogP contribution in [-0.2, 0) is 26.7 Å². The van der Waals surface area contributed by atoms with E-state index in [-0.39, 0.29) is 0 Å². The third-order valence-electron chi connectivity index (χ3n) is 6.05. The fourth-order valence-corrected chi connectivity index (χ4v) is 4.37. The van der Waals surface area contributed by atoms with E-state index in [4.69, 9.17) is 4.42 Å². The molecule has 4 rings (SSSR count). The molecule has 1 atom stereocenters. The number of rotatable bonds is 8. The Labute approximate surface area is 196 Å². The topological polar surface area (TPSA) is 73.9 Å². The van der Waals surface area contributed by atoms with E-state index in [2.05, 4.69) is 68.0 Å². The summed E-state index contributed by atoms with van der Waals surface area (Å²) in [7, 11) is 5.91. The first-order chi connectivity index (χ1) is 16.1. The van der Waals surface area contributed by atoms with Crippen LogP contribution in [0.4, 0.5) is 5.69 Å². The highest BCUT2D eigenvalue weighted by Gasteiger charge is 2.22. The van der Waals surface area contributed by atoms with E-state index in [0.717, 1.165) is 57.3 Å². The van der Waals surface area contributed by atoms with Crippen molar-refractivity contribution >= 4 is 11.6 Å². The second-order valence-electron chi connectivity index (χ2n) is 8.75. The standard InChI is InChI=1S/C25H35N7O/c1-26-25(29-22-10-6-12-32(17-22)23-15-28-31(3)18-23)27-14-20-8-4-5-9-21(20)16-30(2)19-24-11-7-13-33-24/h4-5,7-9,11,13,15,18,22H,6,10,12,14,16-17,19H2,1-3H3,(H2,26,27,29). The zero-order valence-corrected chi connectivity index (χ0v) is 19.9. The maximum Gasteiger partial charge on any atom is 0.191 e. The van der Waals surface area contributed by atoms with Crippen LogP contribution in [0.2, 0.25) is 0 Å². The molecule has 1 saturated heterocycles. The molecule has 0 aliphatic carbocycles. The van der Waals surface area contributed by atoms with Gasteiger partial charge in [-0.15, -0.1) is 0 Å². The van der Waals surface area contributed by atoms with Crippen LogP contribution in [0.1, 0.15) is 29.7 Å². The molecule has 1 unspecified atom stereocenters. The monoisotopic (exact) mass is 449 g/mol. The summed E-state index contributed by atoms with van der Waals surface area (Å²) < 4.78 is 7.35. The first kappa shape index (κ1) is 22.9. The molecule has 1 fully saturated rings. The van der Waals surface area contributed by atoms with Crippen LogP contribution < -0.4 is 15.5 Å². The predicted octanol–water partition coefficient (Wildman–Crippen LogP) is 2.98. The zero-order chi connectivity index (χ0) is 23.0. The molecule has 8 nitrogen and oxygen atoms in total. The van der Waals surface area contributed by atoms with Gasteiger partial charge in [-0.1, -0.05) is 24.3 Å². The molecule has 2 N–H and O–H groups in total. The first-order valence-corrected chi connectivity index (χ1v) is 11.6. The van der Waals surface area contributed by atoms with Gasteiger partial charge in [0.2, 0.25) is 0 Å². The number of nitrogens with zero attached hydrogens (tertiary/aromatic N) is 5. The lowest BCUT2D eigenvalue weighted by Crippen LogP contribution is -2.51. The SMILES string of the molecule is CN=C(NCc1ccccc1CN(C)Cc1ccco1)NC1CCCN(c2cnn(C)c2)C1. The molecule has 1 aromatic carbocycles. The van der Waals surface area contributed by atoms with Crippen molar-refractivity contribution in [2.75, 3.05) is 32.1 Å². The minimum absolute atomic E-state index is 0.347. The highest BCUT2D eigenvalue weighted by molar-refractivity contribution is 5.80. The summed E-state index contributed by atoms with van der Waals surface area (Å²) in [6, 6.07) is 12.9. The molecule has 0 bridgehead atoms. The van der Waals surface area contributed by atoms with E-state index in [1.807, 2.05) is 37.1 Å². The molecule has 0 radical (unpaired) electrons. The number of hydrogen-bond acceptors (Lipinski definition) is 5. The number of anilines is 1. The van der Waals surface area contributed by atoms with Crippen molar-refractivity contribution in [2.45, 2.75) is 38.5 Å². The third-order valence-corrected chi connectivity index (χ3v) is 6.05. The van der Waals surface area contributed by atoms with Crippen LogP contribution in [-0.4, -0.2) is 53.9 Å². The molecule has 8 heteroatoms. The van der Waals surface area contributed by atoms with Gasteiger partial charge in [0, 0.05) is 52.5 Å². The fraction of sp³-hybridized carbons (Fsp3) is 0.440. The molecule has 3 aromatic rings. The smallest absolute Gasteiger partial charge is 0.191 e. The van der Waals surface area contributed by atoms with Crippen molar-refractivity contribution in [3.8, 4) is 0 Å². The van der Waals surface area contributed by atoms with Crippen LogP contribution in [0, 0.1) is 0 Å². The van der Waals surface area contributed by atoms with E-state index in [0.29, 0.717) is 6.04 Å². The number of benzene rings is 1. The van der Waals surface area contributed by atoms with Gasteiger partial charge in [-0.2, -0.15) is 5.10 Å². The maximum atomic E-state index is 5.49. The highest BCUT2D eigenvalue weighted by atomic mass is 16.3. The highest BCUT2D eigenvalue weighted by Crippen LogP contribution is 2.19. The predicted molar refractivity (Wildman–Crippen MR) is 132 cm³/mol. The van der Waals surface area contributed by atoms with Gasteiger partial charge in [0.15, 0.2) is 5.96 Å². The molecule has 3 heterocycles. The molecule has 1 aliphatic heterocycles. The molecule has 0 amide bonds. The Morgan fingerprint density at radius 2 is 2.06 bits per heavy atom. The Morgan fingerprint density at radius 1 is 1.21 bits per heavy atom. The van der Waals surface area contributed by atoms with Gasteiger partial charge < -0.3 is 20.0 Å². The van der Waals surface area contributed by atoms with Gasteiger partial charge >= 0.3 is 0 Å². The van der Waals surface area contributed by atoms with Crippen molar-refractivity contribution in [1.82, 2.24) is 25.3 Å². The number of nitrogens with one attached hydrogen (secondary N) is 2. The largest absolute Gasteiger partial charge is 0.468 e. The zero-order valence-electron chi connectivity index (χ0n) is 19.9. The lowest BCUT2D eigenvalue weighted by molar-refractivity contribution is 0.287. The number of piperidine rings is 1. The Hall–Kier alpha value is -3.26. The van der Waals surface area contributed by atoms with E-state index in [1.54, 1.807) is 6.26 Å². The molecular weight excluding hydrogens is 414 g/mol. The van der Waals surface area contributed by atoms with E-state index >= 15 is 0 Å². The van der Waals surface area contributed by atoms with Crippen LogP contribution in [0.5, 0.6) is 0 Å². The van der Waals surface area contributed by atoms with E-state index in [1.165, 1.54) is 16.8 Å². The van der Waals surface area contributed by atoms with Crippen molar-refractivity contribution in [3.05, 3.63) is 71.9 Å². The van der Waals surface area contributed by atoms with Gasteiger partial charge in [-0.05, 0) is 43.1 Å². The van der Waals surface area contributed by atoms with E-state index < -0.39 is 0 Å². The lowest BCUT2D eigenvalue weighted by Gasteiger charge is -2.34. The van der Waals surface area contributed by atoms with Crippen LogP contribution in [0.3, 0.4) is 0 Å². The summed E-state index contributed by atoms with van der Waals surface area (Å²) in [6.07, 6.45) is 8.02. The van der Waals surface area contributed by atoms with Crippen molar-refractivity contribution < 1.29 is 4.42 Å². The first-order valence-electron chi connectivity index (χ1n) is 11.6. The Morgan fingerprint density at radius 3 is 2.79 bits per heavy atom. The quantitative estimate of drug-likeness (QED) is 0.407. The molecule has 2 aromatic heterocycles. The molecule has 0 saturated carbocycles. The molecule has 0 spiro atoms. The molecule has 176 valence electrons. The summed E-state index contributed by atoms with van der Waals surface area (Å²) in [5.74, 6) is 1.82. The Balaban J connectivity index is 1.31. The van der Waals surface area contributed by atoms with Gasteiger partial charge in [0.25, 0.3) is 0 Å². The van der Waals surface area contributed by atoms with Crippen molar-refractivity contribution in [1.29, 1.82) is 0 Å². The fourth-order valence-electron chi connectivity index (χ4n) is 4.37. The summed E-state index contributed by atoms with van der Waals surface area (Å²) in [4.78, 5) is 9.13. The summed E-state index contributed by atoms with van der Waals surface area (Å²) in [6.45, 7) is 4.37. The van der Waals surface area contributed by atoms with Crippen molar-refractivity contribution in [3.63, 3.8) is 0 Å². The molecule has 1 aliphatic rings. The Kier molecular flexibility index (Phi) is 7.67. The van der Waals surface area contributed by atoms with Crippen LogP contribution >= 0.6 is 0 Å². The maximum absolute atomic E-state index is 5.49. The minimum atomic E-state index is 0.347. The third kappa shape index (κ3) is 6.38. The van der Waals surface area contributed by atoms with E-state index in [9.17, 15) is 0 Å². The lowest BCUT2D eigenvalue weighted by atomic mass is 10.1. The van der Waals surface area contributed by atoms with Crippen molar-refractivity contribution in [2.24, 2.45) is 12.0 Å². The number of furan rings is 1. The summed E-state index contributed by atoms with van der Waals surface area (Å²) >= 11 is 0. The summed E-state index contributed by atoms with van der Waals surface area (Å²) in [5, 5.41) is 11.5. The number of guanidine groups is 1. The summed E-state index contributed by atoms with van der Waals surface area (Å²) in [5.41, 5.74) is 3.75. The van der Waals surface area contributed by atoms with Gasteiger partial charge in [-0.25, -0.2) is 0 Å². The average molecular weight is 450 g/mol. The molecule has 33 heavy (non-hydrogen) atoms. The number of aryl methyl sites for hydroxylation is 1. The van der Waals surface area contributed by atoms with Gasteiger partial charge in [-0.3, -0.25) is 14.6 Å². The Bertz CT molecular complexity index is 1030. The molecular formula is C25H35N7O. The second-order valence-corrected chi connectivity index (χ2v) is 8.75.